The summed E-state index contributed by atoms with van der Waals surface area (Å²) in [5.41, 5.74) is 5.08. The molecule has 0 aromatic heterocycles. The van der Waals surface area contributed by atoms with E-state index >= 15 is 0 Å². The van der Waals surface area contributed by atoms with Crippen LogP contribution in [0.4, 0.5) is 11.4 Å². The van der Waals surface area contributed by atoms with Crippen molar-refractivity contribution in [2.75, 3.05) is 22.6 Å². The van der Waals surface area contributed by atoms with Gasteiger partial charge in [0.2, 0.25) is 11.8 Å². The van der Waals surface area contributed by atoms with Gasteiger partial charge in [-0.25, -0.2) is 8.42 Å². The number of fused-ring (bicyclic) bond motifs is 1. The minimum atomic E-state index is -3.29. The van der Waals surface area contributed by atoms with Crippen LogP contribution in [-0.2, 0) is 25.8 Å². The van der Waals surface area contributed by atoms with Crippen LogP contribution in [0.3, 0.4) is 0 Å². The number of carbonyl (C=O) groups is 2. The largest absolute Gasteiger partial charge is 0.308 e. The molecule has 0 spiro atoms. The van der Waals surface area contributed by atoms with Gasteiger partial charge in [-0.2, -0.15) is 0 Å². The molecular formula is C27H28N2O4S. The predicted molar refractivity (Wildman–Crippen MR) is 135 cm³/mol. The van der Waals surface area contributed by atoms with Gasteiger partial charge < -0.3 is 9.80 Å². The average molecular weight is 477 g/mol. The lowest BCUT2D eigenvalue weighted by Crippen LogP contribution is -2.51. The summed E-state index contributed by atoms with van der Waals surface area (Å²) in [6, 6.07) is 20.1. The number of rotatable bonds is 4. The van der Waals surface area contributed by atoms with Gasteiger partial charge in [-0.05, 0) is 54.8 Å². The third-order valence-corrected chi connectivity index (χ3v) is 7.24. The summed E-state index contributed by atoms with van der Waals surface area (Å²) in [5, 5.41) is 0. The Kier molecular flexibility index (Phi) is 6.32. The third-order valence-electron chi connectivity index (χ3n) is 6.11. The smallest absolute Gasteiger partial charge is 0.231 e. The normalized spacial score (nSPS) is 15.7. The van der Waals surface area contributed by atoms with Crippen molar-refractivity contribution in [3.63, 3.8) is 0 Å². The van der Waals surface area contributed by atoms with Gasteiger partial charge in [0.1, 0.15) is 0 Å². The molecule has 0 fully saturated rings. The van der Waals surface area contributed by atoms with E-state index in [1.807, 2.05) is 56.3 Å². The summed E-state index contributed by atoms with van der Waals surface area (Å²) in [6.07, 6.45) is 1.44. The molecule has 4 rings (SSSR count). The molecule has 0 aliphatic carbocycles. The van der Waals surface area contributed by atoms with Crippen LogP contribution in [-0.4, -0.2) is 39.1 Å². The fraction of sp³-hybridized carbons (Fsp3) is 0.259. The lowest BCUT2D eigenvalue weighted by Gasteiger charge is -2.41. The number of anilines is 2. The fourth-order valence-corrected chi connectivity index (χ4v) is 5.14. The Morgan fingerprint density at radius 3 is 2.24 bits per heavy atom. The summed E-state index contributed by atoms with van der Waals surface area (Å²) in [7, 11) is -3.29. The van der Waals surface area contributed by atoms with Crippen molar-refractivity contribution in [2.24, 2.45) is 0 Å². The molecule has 0 bridgehead atoms. The number of hydrogen-bond acceptors (Lipinski definition) is 4. The van der Waals surface area contributed by atoms with Crippen LogP contribution in [0.1, 0.15) is 25.0 Å². The fourth-order valence-electron chi connectivity index (χ4n) is 4.51. The van der Waals surface area contributed by atoms with E-state index in [9.17, 15) is 18.0 Å². The molecule has 176 valence electrons. The second kappa shape index (κ2) is 9.06. The number of carbonyl (C=O) groups excluding carboxylic acids is 2. The monoisotopic (exact) mass is 476 g/mol. The molecule has 7 heteroatoms. The molecule has 1 atom stereocenters. The summed E-state index contributed by atoms with van der Waals surface area (Å²) in [4.78, 5) is 29.6. The molecule has 34 heavy (non-hydrogen) atoms. The maximum absolute atomic E-state index is 13.4. The average Bonchev–Trinajstić information content (AvgIpc) is 2.77. The third kappa shape index (κ3) is 4.75. The highest BCUT2D eigenvalue weighted by Crippen LogP contribution is 2.39. The summed E-state index contributed by atoms with van der Waals surface area (Å²) >= 11 is 0. The molecular weight excluding hydrogens is 448 g/mol. The van der Waals surface area contributed by atoms with Crippen molar-refractivity contribution in [2.45, 2.75) is 38.1 Å². The molecule has 0 unspecified atom stereocenters. The molecule has 3 aromatic carbocycles. The van der Waals surface area contributed by atoms with E-state index in [-0.39, 0.29) is 29.2 Å². The zero-order chi connectivity index (χ0) is 24.6. The Morgan fingerprint density at radius 1 is 0.941 bits per heavy atom. The standard InChI is InChI=1S/C27H28N2O4S/c1-18-6-5-7-21(14-18)15-27(31)28-17-19(2)29(20(3)30)25-13-10-23(16-26(25)28)22-8-11-24(12-9-22)34(4,32)33/h5-14,16,19H,15,17H2,1-4H3/t19-/m0/s1. The van der Waals surface area contributed by atoms with Crippen LogP contribution in [0.25, 0.3) is 11.1 Å². The summed E-state index contributed by atoms with van der Waals surface area (Å²) in [6.45, 7) is 5.86. The lowest BCUT2D eigenvalue weighted by molar-refractivity contribution is -0.119. The molecule has 1 aliphatic heterocycles. The number of nitrogens with zero attached hydrogens (tertiary/aromatic N) is 2. The van der Waals surface area contributed by atoms with Crippen LogP contribution in [0.15, 0.2) is 71.6 Å². The molecule has 0 radical (unpaired) electrons. The Bertz CT molecular complexity index is 1360. The van der Waals surface area contributed by atoms with E-state index < -0.39 is 9.84 Å². The maximum Gasteiger partial charge on any atom is 0.231 e. The summed E-state index contributed by atoms with van der Waals surface area (Å²) < 4.78 is 23.6. The predicted octanol–water partition coefficient (Wildman–Crippen LogP) is 4.40. The second-order valence-electron chi connectivity index (χ2n) is 8.91. The molecule has 3 aromatic rings. The van der Waals surface area contributed by atoms with Crippen molar-refractivity contribution >= 4 is 33.0 Å². The van der Waals surface area contributed by atoms with Gasteiger partial charge in [0.05, 0.1) is 28.7 Å². The first-order valence-electron chi connectivity index (χ1n) is 11.1. The Labute approximate surface area is 200 Å². The second-order valence-corrected chi connectivity index (χ2v) is 10.9. The molecule has 0 saturated heterocycles. The number of sulfone groups is 1. The highest BCUT2D eigenvalue weighted by molar-refractivity contribution is 7.90. The zero-order valence-corrected chi connectivity index (χ0v) is 20.6. The van der Waals surface area contributed by atoms with Gasteiger partial charge >= 0.3 is 0 Å². The van der Waals surface area contributed by atoms with E-state index in [0.29, 0.717) is 17.9 Å². The molecule has 1 aliphatic rings. The van der Waals surface area contributed by atoms with Crippen LogP contribution < -0.4 is 9.80 Å². The quantitative estimate of drug-likeness (QED) is 0.560. The van der Waals surface area contributed by atoms with Crippen molar-refractivity contribution in [3.05, 3.63) is 77.9 Å². The molecule has 1 heterocycles. The van der Waals surface area contributed by atoms with Gasteiger partial charge in [-0.3, -0.25) is 9.59 Å². The van der Waals surface area contributed by atoms with Gasteiger partial charge in [0, 0.05) is 19.7 Å². The number of amides is 2. The molecule has 6 nitrogen and oxygen atoms in total. The van der Waals surface area contributed by atoms with Crippen LogP contribution in [0.5, 0.6) is 0 Å². The van der Waals surface area contributed by atoms with Crippen molar-refractivity contribution in [1.82, 2.24) is 0 Å². The minimum Gasteiger partial charge on any atom is -0.308 e. The van der Waals surface area contributed by atoms with Crippen molar-refractivity contribution < 1.29 is 18.0 Å². The zero-order valence-electron chi connectivity index (χ0n) is 19.8. The first-order valence-corrected chi connectivity index (χ1v) is 13.0. The number of aryl methyl sites for hydroxylation is 1. The van der Waals surface area contributed by atoms with E-state index in [1.165, 1.54) is 13.2 Å². The van der Waals surface area contributed by atoms with Crippen LogP contribution in [0.2, 0.25) is 0 Å². The van der Waals surface area contributed by atoms with E-state index in [0.717, 1.165) is 22.3 Å². The SMILES string of the molecule is CC(=O)N1c2ccc(-c3ccc(S(C)(=O)=O)cc3)cc2N(C(=O)Cc2cccc(C)c2)C[C@@H]1C. The van der Waals surface area contributed by atoms with Gasteiger partial charge in [-0.1, -0.05) is 48.0 Å². The van der Waals surface area contributed by atoms with E-state index in [4.69, 9.17) is 0 Å². The van der Waals surface area contributed by atoms with Gasteiger partial charge in [0.15, 0.2) is 9.84 Å². The number of benzene rings is 3. The topological polar surface area (TPSA) is 74.8 Å². The molecule has 2 amide bonds. The number of hydrogen-bond donors (Lipinski definition) is 0. The van der Waals surface area contributed by atoms with E-state index in [1.54, 1.807) is 34.1 Å². The van der Waals surface area contributed by atoms with Gasteiger partial charge in [0.25, 0.3) is 0 Å². The van der Waals surface area contributed by atoms with Gasteiger partial charge in [-0.15, -0.1) is 0 Å². The Morgan fingerprint density at radius 2 is 1.62 bits per heavy atom. The highest BCUT2D eigenvalue weighted by atomic mass is 32.2. The Hall–Kier alpha value is -3.45. The first-order chi connectivity index (χ1) is 16.0. The molecule has 0 saturated carbocycles. The van der Waals surface area contributed by atoms with Crippen molar-refractivity contribution in [3.8, 4) is 11.1 Å². The maximum atomic E-state index is 13.4. The summed E-state index contributed by atoms with van der Waals surface area (Å²) in [5.74, 6) is -0.115. The highest BCUT2D eigenvalue weighted by Gasteiger charge is 2.33. The lowest BCUT2D eigenvalue weighted by atomic mass is 9.99. The minimum absolute atomic E-state index is 0.0357. The van der Waals surface area contributed by atoms with Crippen molar-refractivity contribution in [1.29, 1.82) is 0 Å². The van der Waals surface area contributed by atoms with Crippen LogP contribution >= 0.6 is 0 Å². The Balaban J connectivity index is 1.75. The van der Waals surface area contributed by atoms with Crippen LogP contribution in [0, 0.1) is 6.92 Å². The molecule has 0 N–H and O–H groups in total. The first kappa shape index (κ1) is 23.7. The van der Waals surface area contributed by atoms with E-state index in [2.05, 4.69) is 0 Å².